The molecule has 0 amide bonds. The molecule has 1 heterocycles. The van der Waals surface area contributed by atoms with Gasteiger partial charge in [-0.25, -0.2) is 9.78 Å². The van der Waals surface area contributed by atoms with E-state index < -0.39 is 16.0 Å². The number of thiazole rings is 1. The third kappa shape index (κ3) is 6.66. The Balaban J connectivity index is 1.99. The van der Waals surface area contributed by atoms with Crippen LogP contribution in [0.2, 0.25) is 5.02 Å². The number of aliphatic carboxylic acids is 1. The fourth-order valence-corrected chi connectivity index (χ4v) is 6.40. The molecule has 0 saturated carbocycles. The molecule has 0 fully saturated rings. The van der Waals surface area contributed by atoms with Crippen LogP contribution in [0.1, 0.15) is 41.8 Å². The maximum absolute atomic E-state index is 13.7. The molecule has 1 N–H and O–H groups in total. The third-order valence-corrected chi connectivity index (χ3v) is 8.85. The van der Waals surface area contributed by atoms with Crippen molar-refractivity contribution in [3.8, 4) is 5.75 Å². The molecular weight excluding hydrogens is 520 g/mol. The molecule has 0 aliphatic heterocycles. The van der Waals surface area contributed by atoms with Crippen molar-refractivity contribution in [3.63, 3.8) is 0 Å². The summed E-state index contributed by atoms with van der Waals surface area (Å²) in [6, 6.07) is 8.81. The van der Waals surface area contributed by atoms with E-state index in [1.54, 1.807) is 30.5 Å². The summed E-state index contributed by atoms with van der Waals surface area (Å²) in [5, 5.41) is 10.9. The van der Waals surface area contributed by atoms with Gasteiger partial charge in [-0.15, -0.1) is 11.3 Å². The van der Waals surface area contributed by atoms with E-state index in [1.165, 1.54) is 10.4 Å². The summed E-state index contributed by atoms with van der Waals surface area (Å²) in [5.41, 5.74) is 4.31. The number of ether oxygens (including phenoxy) is 1. The fraction of sp³-hybridized carbons (Fsp3) is 0.308. The van der Waals surface area contributed by atoms with E-state index in [2.05, 4.69) is 4.98 Å². The number of carboxylic acid groups (broad SMARTS) is 1. The number of benzene rings is 2. The minimum atomic E-state index is -3.91. The number of aryl methyl sites for hydroxylation is 3. The number of anilines is 1. The second-order valence-corrected chi connectivity index (χ2v) is 12.2. The zero-order chi connectivity index (χ0) is 26.6. The van der Waals surface area contributed by atoms with E-state index in [1.807, 2.05) is 39.8 Å². The summed E-state index contributed by atoms with van der Waals surface area (Å²) in [5.74, 6) is -0.577. The molecule has 0 radical (unpaired) electrons. The summed E-state index contributed by atoms with van der Waals surface area (Å²) in [4.78, 5) is 15.0. The summed E-state index contributed by atoms with van der Waals surface area (Å²) >= 11 is 7.52. The van der Waals surface area contributed by atoms with Crippen LogP contribution in [-0.2, 0) is 21.4 Å². The largest absolute Gasteiger partial charge is 0.487 e. The number of nitrogens with zero attached hydrogens (tertiary/aromatic N) is 2. The van der Waals surface area contributed by atoms with Crippen molar-refractivity contribution in [1.82, 2.24) is 4.98 Å². The van der Waals surface area contributed by atoms with Gasteiger partial charge in [-0.05, 0) is 67.7 Å². The Bertz CT molecular complexity index is 1400. The van der Waals surface area contributed by atoms with Crippen molar-refractivity contribution in [2.75, 3.05) is 10.8 Å². The second kappa shape index (κ2) is 11.5. The van der Waals surface area contributed by atoms with Crippen LogP contribution in [0.25, 0.3) is 6.08 Å². The molecule has 7 nitrogen and oxygen atoms in total. The van der Waals surface area contributed by atoms with E-state index >= 15 is 0 Å². The van der Waals surface area contributed by atoms with Gasteiger partial charge in [0.25, 0.3) is 10.0 Å². The molecule has 0 bridgehead atoms. The van der Waals surface area contributed by atoms with E-state index in [0.717, 1.165) is 28.5 Å². The van der Waals surface area contributed by atoms with Gasteiger partial charge in [0.05, 0.1) is 5.69 Å². The predicted molar refractivity (Wildman–Crippen MR) is 145 cm³/mol. The lowest BCUT2D eigenvalue weighted by Crippen LogP contribution is -2.34. The van der Waals surface area contributed by atoms with Crippen molar-refractivity contribution in [2.45, 2.75) is 45.6 Å². The lowest BCUT2D eigenvalue weighted by molar-refractivity contribution is -0.131. The SMILES string of the molecule is Cc1csc(S(=O)(=O)N(CC(C)C)c2cc(C)c(C)cc2OCc2ccc(/C=C/C(=O)O)cc2Cl)n1. The van der Waals surface area contributed by atoms with Gasteiger partial charge < -0.3 is 9.84 Å². The molecule has 0 aliphatic carbocycles. The van der Waals surface area contributed by atoms with Crippen molar-refractivity contribution < 1.29 is 23.1 Å². The lowest BCUT2D eigenvalue weighted by atomic mass is 10.1. The first kappa shape index (κ1) is 27.7. The number of carboxylic acids is 1. The smallest absolute Gasteiger partial charge is 0.328 e. The minimum absolute atomic E-state index is 0.0397. The zero-order valence-electron chi connectivity index (χ0n) is 20.8. The van der Waals surface area contributed by atoms with E-state index in [0.29, 0.717) is 33.3 Å². The standard InChI is InChI=1S/C26H29ClN2O5S2/c1-16(2)13-29(36(32,33)26-28-19(5)15-35-26)23-10-17(3)18(4)11-24(23)34-14-21-8-6-20(12-22(21)27)7-9-25(30)31/h6-12,15-16H,13-14H2,1-5H3,(H,30,31)/b9-7+. The van der Waals surface area contributed by atoms with Gasteiger partial charge in [-0.3, -0.25) is 4.31 Å². The monoisotopic (exact) mass is 548 g/mol. The highest BCUT2D eigenvalue weighted by atomic mass is 35.5. The van der Waals surface area contributed by atoms with Crippen molar-refractivity contribution in [1.29, 1.82) is 0 Å². The van der Waals surface area contributed by atoms with Gasteiger partial charge in [0, 0.05) is 34.3 Å². The molecule has 3 aromatic rings. The number of aromatic nitrogens is 1. The van der Waals surface area contributed by atoms with Crippen molar-refractivity contribution in [2.24, 2.45) is 5.92 Å². The highest BCUT2D eigenvalue weighted by molar-refractivity contribution is 7.94. The molecule has 10 heteroatoms. The number of carbonyl (C=O) groups is 1. The first-order valence-electron chi connectivity index (χ1n) is 11.3. The highest BCUT2D eigenvalue weighted by Crippen LogP contribution is 2.37. The Morgan fingerprint density at radius 2 is 1.89 bits per heavy atom. The Kier molecular flexibility index (Phi) is 8.81. The number of rotatable bonds is 10. The van der Waals surface area contributed by atoms with Crippen LogP contribution in [0, 0.1) is 26.7 Å². The van der Waals surface area contributed by atoms with Crippen LogP contribution < -0.4 is 9.04 Å². The third-order valence-electron chi connectivity index (χ3n) is 5.36. The number of halogens is 1. The molecule has 2 aromatic carbocycles. The second-order valence-electron chi connectivity index (χ2n) is 8.90. The van der Waals surface area contributed by atoms with Crippen LogP contribution in [0.4, 0.5) is 5.69 Å². The Labute approximate surface area is 221 Å². The van der Waals surface area contributed by atoms with Crippen molar-refractivity contribution >= 4 is 50.7 Å². The van der Waals surface area contributed by atoms with E-state index in [-0.39, 0.29) is 23.4 Å². The molecule has 0 atom stereocenters. The first-order chi connectivity index (χ1) is 16.9. The normalized spacial score (nSPS) is 11.9. The van der Waals surface area contributed by atoms with Crippen LogP contribution in [0.5, 0.6) is 5.75 Å². The summed E-state index contributed by atoms with van der Waals surface area (Å²) in [6.07, 6.45) is 2.49. The topological polar surface area (TPSA) is 96.8 Å². The van der Waals surface area contributed by atoms with Crippen LogP contribution in [-0.4, -0.2) is 31.0 Å². The Morgan fingerprint density at radius 1 is 1.19 bits per heavy atom. The van der Waals surface area contributed by atoms with E-state index in [9.17, 15) is 13.2 Å². The van der Waals surface area contributed by atoms with Crippen LogP contribution >= 0.6 is 22.9 Å². The molecule has 0 unspecified atom stereocenters. The molecule has 36 heavy (non-hydrogen) atoms. The first-order valence-corrected chi connectivity index (χ1v) is 14.0. The minimum Gasteiger partial charge on any atom is -0.487 e. The van der Waals surface area contributed by atoms with Crippen LogP contribution in [0.3, 0.4) is 0 Å². The molecule has 0 aliphatic rings. The van der Waals surface area contributed by atoms with Crippen LogP contribution in [0.15, 0.2) is 46.1 Å². The maximum Gasteiger partial charge on any atom is 0.328 e. The molecular formula is C26H29ClN2O5S2. The van der Waals surface area contributed by atoms with Gasteiger partial charge in [0.15, 0.2) is 0 Å². The summed E-state index contributed by atoms with van der Waals surface area (Å²) < 4.78 is 34.9. The number of sulfonamides is 1. The lowest BCUT2D eigenvalue weighted by Gasteiger charge is -2.28. The summed E-state index contributed by atoms with van der Waals surface area (Å²) in [6.45, 7) is 9.90. The van der Waals surface area contributed by atoms with E-state index in [4.69, 9.17) is 21.4 Å². The molecule has 3 rings (SSSR count). The maximum atomic E-state index is 13.7. The van der Waals surface area contributed by atoms with Gasteiger partial charge in [-0.2, -0.15) is 8.42 Å². The zero-order valence-corrected chi connectivity index (χ0v) is 23.2. The Hall–Kier alpha value is -2.88. The number of hydrogen-bond acceptors (Lipinski definition) is 6. The van der Waals surface area contributed by atoms with Gasteiger partial charge in [0.1, 0.15) is 12.4 Å². The van der Waals surface area contributed by atoms with Crippen molar-refractivity contribution in [3.05, 3.63) is 74.8 Å². The quantitative estimate of drug-likeness (QED) is 0.301. The number of hydrogen-bond donors (Lipinski definition) is 1. The van der Waals surface area contributed by atoms with Gasteiger partial charge >= 0.3 is 5.97 Å². The highest BCUT2D eigenvalue weighted by Gasteiger charge is 2.31. The molecule has 1 aromatic heterocycles. The van der Waals surface area contributed by atoms with Gasteiger partial charge in [-0.1, -0.05) is 37.6 Å². The fourth-order valence-electron chi connectivity index (χ4n) is 3.39. The average molecular weight is 549 g/mol. The molecule has 0 saturated heterocycles. The summed E-state index contributed by atoms with van der Waals surface area (Å²) in [7, 11) is -3.91. The molecule has 0 spiro atoms. The predicted octanol–water partition coefficient (Wildman–Crippen LogP) is 6.25. The average Bonchev–Trinajstić information content (AvgIpc) is 3.24. The molecule has 192 valence electrons. The van der Waals surface area contributed by atoms with Gasteiger partial charge in [0.2, 0.25) is 4.34 Å². The Morgan fingerprint density at radius 3 is 2.47 bits per heavy atom.